The van der Waals surface area contributed by atoms with Crippen molar-refractivity contribution in [3.63, 3.8) is 0 Å². The first-order valence-corrected chi connectivity index (χ1v) is 11.2. The minimum Gasteiger partial charge on any atom is -0.449 e. The lowest BCUT2D eigenvalue weighted by molar-refractivity contribution is -0.153. The third kappa shape index (κ3) is 5.56. The molecular weight excluding hydrogens is 420 g/mol. The number of ketones is 1. The predicted molar refractivity (Wildman–Crippen MR) is 121 cm³/mol. The predicted octanol–water partition coefficient (Wildman–Crippen LogP) is 2.85. The summed E-state index contributed by atoms with van der Waals surface area (Å²) in [4.78, 5) is 31.3. The number of hydrogen-bond acceptors (Lipinski definition) is 6. The van der Waals surface area contributed by atoms with Crippen molar-refractivity contribution in [1.29, 1.82) is 0 Å². The third-order valence-electron chi connectivity index (χ3n) is 6.01. The van der Waals surface area contributed by atoms with Crippen molar-refractivity contribution in [3.8, 4) is 0 Å². The van der Waals surface area contributed by atoms with Gasteiger partial charge in [-0.15, -0.1) is 0 Å². The summed E-state index contributed by atoms with van der Waals surface area (Å²) in [5.41, 5.74) is 2.83. The van der Waals surface area contributed by atoms with E-state index in [0.29, 0.717) is 18.9 Å². The fourth-order valence-corrected chi connectivity index (χ4v) is 4.26. The number of benzene rings is 2. The van der Waals surface area contributed by atoms with Crippen LogP contribution in [0.15, 0.2) is 71.3 Å². The van der Waals surface area contributed by atoms with Gasteiger partial charge >= 0.3 is 0 Å². The molecule has 0 aliphatic carbocycles. The number of carbonyl (C=O) groups excluding carboxylic acids is 2. The van der Waals surface area contributed by atoms with Crippen molar-refractivity contribution in [1.82, 2.24) is 9.88 Å². The van der Waals surface area contributed by atoms with Crippen LogP contribution in [0.2, 0.25) is 0 Å². The van der Waals surface area contributed by atoms with Gasteiger partial charge in [-0.2, -0.15) is 0 Å². The highest BCUT2D eigenvalue weighted by Crippen LogP contribution is 2.32. The largest absolute Gasteiger partial charge is 0.449 e. The Labute approximate surface area is 192 Å². The van der Waals surface area contributed by atoms with Gasteiger partial charge in [-0.25, -0.2) is 4.98 Å². The van der Waals surface area contributed by atoms with Crippen molar-refractivity contribution in [2.45, 2.75) is 50.4 Å². The maximum absolute atomic E-state index is 12.9. The van der Waals surface area contributed by atoms with Crippen molar-refractivity contribution >= 4 is 11.7 Å². The van der Waals surface area contributed by atoms with Gasteiger partial charge in [-0.1, -0.05) is 60.7 Å². The number of amides is 1. The Kier molecular flexibility index (Phi) is 7.32. The molecule has 1 fully saturated rings. The summed E-state index contributed by atoms with van der Waals surface area (Å²) in [7, 11) is 0. The molecule has 1 saturated heterocycles. The van der Waals surface area contributed by atoms with Gasteiger partial charge in [-0.3, -0.25) is 9.59 Å². The standard InChI is InChI=1S/C26H28N2O5/c29-22(13-14-23-27-20(17-33-23)16-18-8-3-1-4-9-18)24(30)25(31)26(32)28-15-7-12-21(28)19-10-5-2-6-11-19/h1-6,8-11,17,21,24-25,30-31H,7,12-16H2/t21?,24-,25+/m0/s1. The van der Waals surface area contributed by atoms with Crippen molar-refractivity contribution in [3.05, 3.63) is 89.6 Å². The van der Waals surface area contributed by atoms with Crippen LogP contribution in [0.1, 0.15) is 48.0 Å². The fourth-order valence-electron chi connectivity index (χ4n) is 4.26. The number of Topliss-reactive ketones (excluding diaryl/α,β-unsaturated/α-hetero) is 1. The highest BCUT2D eigenvalue weighted by Gasteiger charge is 2.38. The molecule has 1 unspecified atom stereocenters. The Bertz CT molecular complexity index is 1070. The number of rotatable bonds is 9. The van der Waals surface area contributed by atoms with Crippen molar-refractivity contribution in [2.75, 3.05) is 6.54 Å². The maximum Gasteiger partial charge on any atom is 0.255 e. The number of oxazole rings is 1. The Balaban J connectivity index is 1.31. The molecule has 3 atom stereocenters. The van der Waals surface area contributed by atoms with Crippen molar-refractivity contribution < 1.29 is 24.2 Å². The number of aliphatic hydroxyl groups excluding tert-OH is 2. The lowest BCUT2D eigenvalue weighted by Crippen LogP contribution is -2.47. The van der Waals surface area contributed by atoms with E-state index < -0.39 is 23.9 Å². The Morgan fingerprint density at radius 1 is 1.03 bits per heavy atom. The summed E-state index contributed by atoms with van der Waals surface area (Å²) in [5.74, 6) is -0.858. The maximum atomic E-state index is 12.9. The first-order chi connectivity index (χ1) is 16.0. The van der Waals surface area contributed by atoms with Crippen LogP contribution < -0.4 is 0 Å². The summed E-state index contributed by atoms with van der Waals surface area (Å²) in [6, 6.07) is 19.3. The van der Waals surface area contributed by atoms with Gasteiger partial charge in [0.05, 0.1) is 11.7 Å². The SMILES string of the molecule is O=C(CCc1nc(Cc2ccccc2)co1)[C@H](O)[C@@H](O)C(=O)N1CCCC1c1ccccc1. The summed E-state index contributed by atoms with van der Waals surface area (Å²) in [6.07, 6.45) is 0.277. The molecule has 1 amide bonds. The minimum atomic E-state index is -1.79. The molecule has 7 heteroatoms. The zero-order valence-electron chi connectivity index (χ0n) is 18.3. The number of hydrogen-bond donors (Lipinski definition) is 2. The molecule has 1 aliphatic rings. The molecule has 1 aromatic heterocycles. The normalized spacial score (nSPS) is 17.6. The average Bonchev–Trinajstić information content (AvgIpc) is 3.52. The molecule has 1 aliphatic heterocycles. The number of aryl methyl sites for hydroxylation is 1. The highest BCUT2D eigenvalue weighted by atomic mass is 16.3. The van der Waals surface area contributed by atoms with Gasteiger partial charge in [0, 0.05) is 25.8 Å². The molecule has 0 saturated carbocycles. The van der Waals surface area contributed by atoms with Crippen LogP contribution in [0, 0.1) is 0 Å². The van der Waals surface area contributed by atoms with Gasteiger partial charge in [0.1, 0.15) is 12.4 Å². The Hall–Kier alpha value is -3.29. The summed E-state index contributed by atoms with van der Waals surface area (Å²) >= 11 is 0. The minimum absolute atomic E-state index is 0.0844. The summed E-state index contributed by atoms with van der Waals surface area (Å²) < 4.78 is 5.44. The van der Waals surface area contributed by atoms with Crippen LogP contribution in [0.5, 0.6) is 0 Å². The van der Waals surface area contributed by atoms with Crippen LogP contribution in [0.4, 0.5) is 0 Å². The van der Waals surface area contributed by atoms with Crippen LogP contribution in [-0.2, 0) is 22.4 Å². The van der Waals surface area contributed by atoms with Crippen LogP contribution in [-0.4, -0.2) is 50.5 Å². The second-order valence-corrected chi connectivity index (χ2v) is 8.35. The smallest absolute Gasteiger partial charge is 0.255 e. The van der Waals surface area contributed by atoms with Crippen molar-refractivity contribution in [2.24, 2.45) is 0 Å². The van der Waals surface area contributed by atoms with E-state index in [1.54, 1.807) is 11.2 Å². The van der Waals surface area contributed by atoms with E-state index in [1.165, 1.54) is 0 Å². The first-order valence-electron chi connectivity index (χ1n) is 11.2. The molecule has 2 N–H and O–H groups in total. The van der Waals surface area contributed by atoms with E-state index >= 15 is 0 Å². The fraction of sp³-hybridized carbons (Fsp3) is 0.346. The van der Waals surface area contributed by atoms with E-state index in [0.717, 1.165) is 29.7 Å². The quantitative estimate of drug-likeness (QED) is 0.522. The molecule has 3 aromatic rings. The lowest BCUT2D eigenvalue weighted by Gasteiger charge is -2.28. The first kappa shape index (κ1) is 22.9. The van der Waals surface area contributed by atoms with E-state index in [4.69, 9.17) is 4.42 Å². The van der Waals surface area contributed by atoms with Crippen LogP contribution in [0.3, 0.4) is 0 Å². The van der Waals surface area contributed by atoms with E-state index in [-0.39, 0.29) is 18.9 Å². The number of carbonyl (C=O) groups is 2. The van der Waals surface area contributed by atoms with Gasteiger partial charge in [0.15, 0.2) is 17.8 Å². The number of nitrogens with zero attached hydrogens (tertiary/aromatic N) is 2. The molecule has 0 spiro atoms. The summed E-state index contributed by atoms with van der Waals surface area (Å²) in [6.45, 7) is 0.483. The summed E-state index contributed by atoms with van der Waals surface area (Å²) in [5, 5.41) is 20.8. The average molecular weight is 449 g/mol. The van der Waals surface area contributed by atoms with E-state index in [9.17, 15) is 19.8 Å². The molecule has 4 rings (SSSR count). The van der Waals surface area contributed by atoms with E-state index in [2.05, 4.69) is 4.98 Å². The second-order valence-electron chi connectivity index (χ2n) is 8.35. The number of aliphatic hydroxyl groups is 2. The molecule has 0 radical (unpaired) electrons. The zero-order chi connectivity index (χ0) is 23.2. The second kappa shape index (κ2) is 10.6. The van der Waals surface area contributed by atoms with Gasteiger partial charge in [0.2, 0.25) is 0 Å². The Morgan fingerprint density at radius 3 is 2.45 bits per heavy atom. The molecule has 7 nitrogen and oxygen atoms in total. The van der Waals surface area contributed by atoms with Gasteiger partial charge in [0.25, 0.3) is 5.91 Å². The molecule has 172 valence electrons. The Morgan fingerprint density at radius 2 is 1.73 bits per heavy atom. The molecule has 2 heterocycles. The monoisotopic (exact) mass is 448 g/mol. The molecule has 0 bridgehead atoms. The number of likely N-dealkylation sites (tertiary alicyclic amines) is 1. The topological polar surface area (TPSA) is 104 Å². The third-order valence-corrected chi connectivity index (χ3v) is 6.01. The molecular formula is C26H28N2O5. The van der Waals surface area contributed by atoms with Gasteiger partial charge < -0.3 is 19.5 Å². The van der Waals surface area contributed by atoms with E-state index in [1.807, 2.05) is 60.7 Å². The molecule has 2 aromatic carbocycles. The highest BCUT2D eigenvalue weighted by molar-refractivity contribution is 5.92. The van der Waals surface area contributed by atoms with Crippen LogP contribution >= 0.6 is 0 Å². The van der Waals surface area contributed by atoms with Gasteiger partial charge in [-0.05, 0) is 24.0 Å². The zero-order valence-corrected chi connectivity index (χ0v) is 18.3. The number of aromatic nitrogens is 1. The van der Waals surface area contributed by atoms with Crippen LogP contribution in [0.25, 0.3) is 0 Å². The lowest BCUT2D eigenvalue weighted by atomic mass is 10.0. The molecule has 33 heavy (non-hydrogen) atoms.